The van der Waals surface area contributed by atoms with Crippen LogP contribution in [-0.2, 0) is 0 Å². The Bertz CT molecular complexity index is 1220. The van der Waals surface area contributed by atoms with E-state index in [9.17, 15) is 4.79 Å². The standard InChI is InChI=1S/C21H17N3O2S/c1-3-11-26-17-9-7-15(8-10-17)13-18-20(25)24-21(27-18)22-19(23-24)16-6-4-5-14(2)12-16/h3-10,12-13H,1,11H2,2H3/b18-13-. The van der Waals surface area contributed by atoms with Crippen LogP contribution in [0.3, 0.4) is 0 Å². The van der Waals surface area contributed by atoms with Gasteiger partial charge in [-0.25, -0.2) is 0 Å². The minimum Gasteiger partial charge on any atom is -0.490 e. The van der Waals surface area contributed by atoms with E-state index < -0.39 is 0 Å². The Kier molecular flexibility index (Phi) is 4.56. The Morgan fingerprint density at radius 1 is 1.22 bits per heavy atom. The van der Waals surface area contributed by atoms with Crippen molar-refractivity contribution in [3.8, 4) is 17.1 Å². The lowest BCUT2D eigenvalue weighted by Gasteiger charge is -2.02. The summed E-state index contributed by atoms with van der Waals surface area (Å²) in [7, 11) is 0. The maximum atomic E-state index is 12.7. The molecule has 0 fully saturated rings. The van der Waals surface area contributed by atoms with Crippen molar-refractivity contribution in [2.75, 3.05) is 6.61 Å². The predicted octanol–water partition coefficient (Wildman–Crippen LogP) is 3.24. The monoisotopic (exact) mass is 375 g/mol. The average molecular weight is 375 g/mol. The summed E-state index contributed by atoms with van der Waals surface area (Å²) in [6, 6.07) is 15.5. The van der Waals surface area contributed by atoms with Gasteiger partial charge in [0.25, 0.3) is 5.56 Å². The number of aromatic nitrogens is 3. The maximum absolute atomic E-state index is 12.7. The van der Waals surface area contributed by atoms with Crippen molar-refractivity contribution >= 4 is 22.4 Å². The third kappa shape index (κ3) is 3.52. The summed E-state index contributed by atoms with van der Waals surface area (Å²) in [4.78, 5) is 17.8. The molecule has 2 heterocycles. The van der Waals surface area contributed by atoms with Crippen molar-refractivity contribution in [2.45, 2.75) is 6.92 Å². The second kappa shape index (κ2) is 7.17. The Labute approximate surface area is 159 Å². The largest absolute Gasteiger partial charge is 0.490 e. The predicted molar refractivity (Wildman–Crippen MR) is 108 cm³/mol. The van der Waals surface area contributed by atoms with E-state index in [1.165, 1.54) is 15.9 Å². The van der Waals surface area contributed by atoms with E-state index in [0.717, 1.165) is 22.4 Å². The van der Waals surface area contributed by atoms with Crippen molar-refractivity contribution in [3.63, 3.8) is 0 Å². The first kappa shape index (κ1) is 17.2. The number of fused-ring (bicyclic) bond motifs is 1. The zero-order valence-corrected chi connectivity index (χ0v) is 15.6. The Hall–Kier alpha value is -3.25. The van der Waals surface area contributed by atoms with Crippen LogP contribution in [-0.4, -0.2) is 21.2 Å². The number of ether oxygens (including phenoxy) is 1. The average Bonchev–Trinajstić information content (AvgIpc) is 3.21. The summed E-state index contributed by atoms with van der Waals surface area (Å²) in [6.07, 6.45) is 3.54. The molecule has 4 rings (SSSR count). The molecular weight excluding hydrogens is 358 g/mol. The first-order valence-electron chi connectivity index (χ1n) is 8.46. The molecule has 0 radical (unpaired) electrons. The molecule has 6 heteroatoms. The maximum Gasteiger partial charge on any atom is 0.291 e. The number of aryl methyl sites for hydroxylation is 1. The van der Waals surface area contributed by atoms with Gasteiger partial charge in [0, 0.05) is 5.56 Å². The first-order valence-corrected chi connectivity index (χ1v) is 9.28. The third-order valence-electron chi connectivity index (χ3n) is 4.00. The van der Waals surface area contributed by atoms with Crippen LogP contribution in [0.1, 0.15) is 11.1 Å². The molecule has 2 aromatic carbocycles. The fourth-order valence-corrected chi connectivity index (χ4v) is 3.61. The van der Waals surface area contributed by atoms with Crippen LogP contribution in [0, 0.1) is 6.92 Å². The molecule has 0 N–H and O–H groups in total. The third-order valence-corrected chi connectivity index (χ3v) is 4.96. The zero-order chi connectivity index (χ0) is 18.8. The first-order chi connectivity index (χ1) is 13.1. The SMILES string of the molecule is C=CCOc1ccc(/C=c2\sc3nc(-c4cccc(C)c4)nn3c2=O)cc1. The molecule has 0 aliphatic rings. The molecule has 0 amide bonds. The van der Waals surface area contributed by atoms with Gasteiger partial charge in [0.2, 0.25) is 4.96 Å². The number of hydrogen-bond donors (Lipinski definition) is 0. The smallest absolute Gasteiger partial charge is 0.291 e. The lowest BCUT2D eigenvalue weighted by Crippen LogP contribution is -2.23. The van der Waals surface area contributed by atoms with Gasteiger partial charge >= 0.3 is 0 Å². The highest BCUT2D eigenvalue weighted by atomic mass is 32.1. The van der Waals surface area contributed by atoms with Gasteiger partial charge in [-0.05, 0) is 36.8 Å². The molecule has 4 aromatic rings. The van der Waals surface area contributed by atoms with Gasteiger partial charge < -0.3 is 4.74 Å². The fraction of sp³-hybridized carbons (Fsp3) is 0.0952. The quantitative estimate of drug-likeness (QED) is 0.503. The van der Waals surface area contributed by atoms with Gasteiger partial charge in [-0.2, -0.15) is 9.50 Å². The summed E-state index contributed by atoms with van der Waals surface area (Å²) in [5.41, 5.74) is 2.79. The van der Waals surface area contributed by atoms with Gasteiger partial charge in [0.1, 0.15) is 12.4 Å². The van der Waals surface area contributed by atoms with Crippen LogP contribution in [0.15, 0.2) is 66.0 Å². The van der Waals surface area contributed by atoms with Crippen LogP contribution >= 0.6 is 11.3 Å². The van der Waals surface area contributed by atoms with Crippen LogP contribution < -0.4 is 14.8 Å². The van der Waals surface area contributed by atoms with Crippen LogP contribution in [0.4, 0.5) is 0 Å². The molecule has 134 valence electrons. The lowest BCUT2D eigenvalue weighted by atomic mass is 10.1. The van der Waals surface area contributed by atoms with E-state index in [2.05, 4.69) is 16.7 Å². The van der Waals surface area contributed by atoms with E-state index in [-0.39, 0.29) is 5.56 Å². The molecule has 0 aliphatic carbocycles. The Morgan fingerprint density at radius 2 is 2.04 bits per heavy atom. The van der Waals surface area contributed by atoms with Crippen LogP contribution in [0.5, 0.6) is 5.75 Å². The van der Waals surface area contributed by atoms with Gasteiger partial charge in [-0.15, -0.1) is 5.10 Å². The van der Waals surface area contributed by atoms with E-state index >= 15 is 0 Å². The number of thiazole rings is 1. The van der Waals surface area contributed by atoms with E-state index in [1.54, 1.807) is 6.08 Å². The minimum atomic E-state index is -0.159. The van der Waals surface area contributed by atoms with Gasteiger partial charge in [0.15, 0.2) is 5.82 Å². The number of benzene rings is 2. The topological polar surface area (TPSA) is 56.5 Å². The molecule has 0 aliphatic heterocycles. The van der Waals surface area contributed by atoms with Crippen LogP contribution in [0.25, 0.3) is 22.4 Å². The lowest BCUT2D eigenvalue weighted by molar-refractivity contribution is 0.363. The Balaban J connectivity index is 1.68. The normalized spacial score (nSPS) is 11.8. The highest BCUT2D eigenvalue weighted by Crippen LogP contribution is 2.18. The van der Waals surface area contributed by atoms with Gasteiger partial charge in [-0.3, -0.25) is 4.79 Å². The molecule has 27 heavy (non-hydrogen) atoms. The van der Waals surface area contributed by atoms with Crippen molar-refractivity contribution in [2.24, 2.45) is 0 Å². The molecule has 0 saturated heterocycles. The van der Waals surface area contributed by atoms with Crippen molar-refractivity contribution in [1.82, 2.24) is 14.6 Å². The molecule has 0 unspecified atom stereocenters. The van der Waals surface area contributed by atoms with Crippen molar-refractivity contribution in [1.29, 1.82) is 0 Å². The van der Waals surface area contributed by atoms with E-state index in [1.807, 2.05) is 61.5 Å². The zero-order valence-electron chi connectivity index (χ0n) is 14.8. The van der Waals surface area contributed by atoms with Gasteiger partial charge in [-0.1, -0.05) is 59.9 Å². The summed E-state index contributed by atoms with van der Waals surface area (Å²) in [5.74, 6) is 1.33. The molecule has 0 saturated carbocycles. The molecular formula is C21H17N3O2S. The molecule has 5 nitrogen and oxygen atoms in total. The van der Waals surface area contributed by atoms with Crippen molar-refractivity contribution < 1.29 is 4.74 Å². The highest BCUT2D eigenvalue weighted by molar-refractivity contribution is 7.15. The molecule has 2 aromatic heterocycles. The second-order valence-corrected chi connectivity index (χ2v) is 7.09. The van der Waals surface area contributed by atoms with Crippen LogP contribution in [0.2, 0.25) is 0 Å². The van der Waals surface area contributed by atoms with Gasteiger partial charge in [0.05, 0.1) is 4.53 Å². The highest BCUT2D eigenvalue weighted by Gasteiger charge is 2.12. The second-order valence-electron chi connectivity index (χ2n) is 6.08. The van der Waals surface area contributed by atoms with E-state index in [0.29, 0.717) is 21.9 Å². The number of hydrogen-bond acceptors (Lipinski definition) is 5. The van der Waals surface area contributed by atoms with Crippen molar-refractivity contribution in [3.05, 3.63) is 87.2 Å². The fourth-order valence-electron chi connectivity index (χ4n) is 2.71. The molecule has 0 spiro atoms. The Morgan fingerprint density at radius 3 is 2.74 bits per heavy atom. The number of rotatable bonds is 5. The molecule has 0 bridgehead atoms. The van der Waals surface area contributed by atoms with E-state index in [4.69, 9.17) is 4.74 Å². The molecule has 0 atom stereocenters. The summed E-state index contributed by atoms with van der Waals surface area (Å²) >= 11 is 1.33. The summed E-state index contributed by atoms with van der Waals surface area (Å²) in [5, 5.41) is 4.39. The number of nitrogens with zero attached hydrogens (tertiary/aromatic N) is 3. The summed E-state index contributed by atoms with van der Waals surface area (Å²) in [6.45, 7) is 6.10. The summed E-state index contributed by atoms with van der Waals surface area (Å²) < 4.78 is 7.44. The minimum absolute atomic E-state index is 0.159.